The molecule has 7 heteroatoms. The Labute approximate surface area is 133 Å². The number of nitrogens with zero attached hydrogens (tertiary/aromatic N) is 2. The van der Waals surface area contributed by atoms with Crippen LogP contribution in [0.2, 0.25) is 5.02 Å². The van der Waals surface area contributed by atoms with Crippen molar-refractivity contribution in [3.63, 3.8) is 0 Å². The van der Waals surface area contributed by atoms with E-state index in [9.17, 15) is 4.79 Å². The van der Waals surface area contributed by atoms with Crippen molar-refractivity contribution in [1.82, 2.24) is 25.7 Å². The number of imidazole rings is 1. The monoisotopic (exact) mass is 319 g/mol. The van der Waals surface area contributed by atoms with E-state index >= 15 is 0 Å². The van der Waals surface area contributed by atoms with E-state index in [1.54, 1.807) is 12.5 Å². The Morgan fingerprint density at radius 1 is 1.41 bits per heavy atom. The highest BCUT2D eigenvalue weighted by atomic mass is 35.5. The Bertz CT molecular complexity index is 631. The van der Waals surface area contributed by atoms with Crippen molar-refractivity contribution in [1.29, 1.82) is 0 Å². The van der Waals surface area contributed by atoms with E-state index in [0.717, 1.165) is 5.56 Å². The zero-order valence-electron chi connectivity index (χ0n) is 12.0. The molecule has 0 spiro atoms. The van der Waals surface area contributed by atoms with Crippen molar-refractivity contribution in [2.24, 2.45) is 0 Å². The minimum absolute atomic E-state index is 0.0119. The summed E-state index contributed by atoms with van der Waals surface area (Å²) in [6, 6.07) is 7.45. The third-order valence-corrected chi connectivity index (χ3v) is 4.07. The van der Waals surface area contributed by atoms with Crippen molar-refractivity contribution in [2.45, 2.75) is 25.0 Å². The average Bonchev–Trinajstić information content (AvgIpc) is 3.19. The van der Waals surface area contributed by atoms with Crippen molar-refractivity contribution in [3.05, 3.63) is 53.6 Å². The molecule has 2 aromatic rings. The molecule has 0 saturated carbocycles. The summed E-state index contributed by atoms with van der Waals surface area (Å²) in [7, 11) is 0. The first kappa shape index (κ1) is 15.0. The van der Waals surface area contributed by atoms with Gasteiger partial charge in [0.1, 0.15) is 6.04 Å². The second-order valence-corrected chi connectivity index (χ2v) is 5.65. The predicted octanol–water partition coefficient (Wildman–Crippen LogP) is 1.26. The summed E-state index contributed by atoms with van der Waals surface area (Å²) in [5.74, 6) is -0.0119. The lowest BCUT2D eigenvalue weighted by atomic mass is 10.0. The van der Waals surface area contributed by atoms with Gasteiger partial charge in [0.25, 0.3) is 0 Å². The van der Waals surface area contributed by atoms with Gasteiger partial charge in [-0.3, -0.25) is 4.79 Å². The summed E-state index contributed by atoms with van der Waals surface area (Å²) in [5.41, 5.74) is 7.18. The van der Waals surface area contributed by atoms with Gasteiger partial charge in [-0.15, -0.1) is 0 Å². The molecule has 1 aliphatic heterocycles. The molecule has 22 heavy (non-hydrogen) atoms. The zero-order valence-corrected chi connectivity index (χ0v) is 12.8. The lowest BCUT2D eigenvalue weighted by molar-refractivity contribution is -0.122. The Morgan fingerprint density at radius 2 is 2.27 bits per heavy atom. The van der Waals surface area contributed by atoms with Crippen molar-refractivity contribution >= 4 is 17.5 Å². The number of rotatable bonds is 5. The summed E-state index contributed by atoms with van der Waals surface area (Å²) < 4.78 is 1.92. The summed E-state index contributed by atoms with van der Waals surface area (Å²) in [5, 5.41) is 3.64. The molecule has 1 aromatic heterocycles. The number of hydrazine groups is 1. The molecule has 1 aliphatic rings. The molecule has 6 nitrogen and oxygen atoms in total. The Balaban J connectivity index is 1.49. The number of hydrogen-bond acceptors (Lipinski definition) is 4. The van der Waals surface area contributed by atoms with Gasteiger partial charge < -0.3 is 9.88 Å². The maximum Gasteiger partial charge on any atom is 0.238 e. The molecule has 2 atom stereocenters. The van der Waals surface area contributed by atoms with Gasteiger partial charge in [-0.05, 0) is 18.1 Å². The molecule has 0 radical (unpaired) electrons. The lowest BCUT2D eigenvalue weighted by Gasteiger charge is -2.12. The third-order valence-electron chi connectivity index (χ3n) is 3.73. The fraction of sp³-hybridized carbons (Fsp3) is 0.333. The van der Waals surface area contributed by atoms with E-state index in [4.69, 9.17) is 11.6 Å². The number of aromatic nitrogens is 2. The van der Waals surface area contributed by atoms with Crippen LogP contribution in [0.25, 0.3) is 0 Å². The SMILES string of the molecule is O=C(NCCn1ccnc1)C1CC(c2ccccc2Cl)NN1. The van der Waals surface area contributed by atoms with Crippen LogP contribution >= 0.6 is 11.6 Å². The molecule has 2 unspecified atom stereocenters. The van der Waals surface area contributed by atoms with Gasteiger partial charge >= 0.3 is 0 Å². The summed E-state index contributed by atoms with van der Waals surface area (Å²) >= 11 is 6.20. The summed E-state index contributed by atoms with van der Waals surface area (Å²) in [6.07, 6.45) is 5.99. The molecular weight excluding hydrogens is 302 g/mol. The second-order valence-electron chi connectivity index (χ2n) is 5.24. The normalized spacial score (nSPS) is 21.0. The van der Waals surface area contributed by atoms with E-state index in [2.05, 4.69) is 21.2 Å². The first-order chi connectivity index (χ1) is 10.7. The lowest BCUT2D eigenvalue weighted by Crippen LogP contribution is -2.43. The Morgan fingerprint density at radius 3 is 3.05 bits per heavy atom. The van der Waals surface area contributed by atoms with Crippen LogP contribution in [-0.2, 0) is 11.3 Å². The molecule has 1 amide bonds. The van der Waals surface area contributed by atoms with Crippen molar-refractivity contribution in [3.8, 4) is 0 Å². The van der Waals surface area contributed by atoms with Gasteiger partial charge in [0.15, 0.2) is 0 Å². The van der Waals surface area contributed by atoms with Crippen LogP contribution in [0.1, 0.15) is 18.0 Å². The fourth-order valence-corrected chi connectivity index (χ4v) is 2.81. The molecule has 0 aliphatic carbocycles. The molecule has 1 aromatic carbocycles. The van der Waals surface area contributed by atoms with E-state index in [-0.39, 0.29) is 18.0 Å². The highest BCUT2D eigenvalue weighted by molar-refractivity contribution is 6.31. The van der Waals surface area contributed by atoms with Crippen molar-refractivity contribution in [2.75, 3.05) is 6.54 Å². The average molecular weight is 320 g/mol. The van der Waals surface area contributed by atoms with Crippen LogP contribution < -0.4 is 16.2 Å². The van der Waals surface area contributed by atoms with Crippen LogP contribution in [0.4, 0.5) is 0 Å². The summed E-state index contributed by atoms with van der Waals surface area (Å²) in [6.45, 7) is 1.28. The topological polar surface area (TPSA) is 71.0 Å². The minimum atomic E-state index is -0.260. The number of amides is 1. The molecule has 0 bridgehead atoms. The first-order valence-electron chi connectivity index (χ1n) is 7.23. The second kappa shape index (κ2) is 6.91. The van der Waals surface area contributed by atoms with E-state index < -0.39 is 0 Å². The van der Waals surface area contributed by atoms with Gasteiger partial charge in [0, 0.05) is 36.5 Å². The zero-order chi connectivity index (χ0) is 15.4. The maximum atomic E-state index is 12.2. The van der Waals surface area contributed by atoms with Gasteiger partial charge in [0.2, 0.25) is 5.91 Å². The Kier molecular flexibility index (Phi) is 4.72. The van der Waals surface area contributed by atoms with Crippen LogP contribution in [0, 0.1) is 0 Å². The molecule has 116 valence electrons. The van der Waals surface area contributed by atoms with Crippen molar-refractivity contribution < 1.29 is 4.79 Å². The number of carbonyl (C=O) groups is 1. The number of halogens is 1. The number of benzene rings is 1. The smallest absolute Gasteiger partial charge is 0.238 e. The van der Waals surface area contributed by atoms with Crippen LogP contribution in [0.5, 0.6) is 0 Å². The van der Waals surface area contributed by atoms with Gasteiger partial charge in [0.05, 0.1) is 6.33 Å². The standard InChI is InChI=1S/C15H18ClN5O/c16-12-4-2-1-3-11(12)13-9-14(20-19-13)15(22)18-6-8-21-7-5-17-10-21/h1-5,7,10,13-14,19-20H,6,8-9H2,(H,18,22). The maximum absolute atomic E-state index is 12.2. The molecule has 1 saturated heterocycles. The Hall–Kier alpha value is -1.89. The van der Waals surface area contributed by atoms with Gasteiger partial charge in [-0.25, -0.2) is 15.8 Å². The van der Waals surface area contributed by atoms with Gasteiger partial charge in [-0.2, -0.15) is 0 Å². The summed E-state index contributed by atoms with van der Waals surface area (Å²) in [4.78, 5) is 16.1. The highest BCUT2D eigenvalue weighted by Crippen LogP contribution is 2.28. The van der Waals surface area contributed by atoms with Gasteiger partial charge in [-0.1, -0.05) is 29.8 Å². The number of carbonyl (C=O) groups excluding carboxylic acids is 1. The van der Waals surface area contributed by atoms with E-state index in [0.29, 0.717) is 24.5 Å². The minimum Gasteiger partial charge on any atom is -0.353 e. The number of hydrogen-bond donors (Lipinski definition) is 3. The molecular formula is C15H18ClN5O. The van der Waals surface area contributed by atoms with E-state index in [1.807, 2.05) is 35.0 Å². The van der Waals surface area contributed by atoms with E-state index in [1.165, 1.54) is 0 Å². The quantitative estimate of drug-likeness (QED) is 0.776. The molecule has 3 rings (SSSR count). The highest BCUT2D eigenvalue weighted by Gasteiger charge is 2.30. The van der Waals surface area contributed by atoms with Crippen LogP contribution in [0.15, 0.2) is 43.0 Å². The molecule has 3 N–H and O–H groups in total. The molecule has 1 fully saturated rings. The third kappa shape index (κ3) is 3.47. The first-order valence-corrected chi connectivity index (χ1v) is 7.61. The largest absolute Gasteiger partial charge is 0.353 e. The molecule has 2 heterocycles. The predicted molar refractivity (Wildman–Crippen MR) is 84.1 cm³/mol. The van der Waals surface area contributed by atoms with Crippen LogP contribution in [-0.4, -0.2) is 28.0 Å². The van der Waals surface area contributed by atoms with Crippen LogP contribution in [0.3, 0.4) is 0 Å². The fourth-order valence-electron chi connectivity index (χ4n) is 2.54. The number of nitrogens with one attached hydrogen (secondary N) is 3.